The van der Waals surface area contributed by atoms with Gasteiger partial charge < -0.3 is 4.90 Å². The number of carbonyl (C=O) groups is 2. The van der Waals surface area contributed by atoms with Gasteiger partial charge in [-0.2, -0.15) is 0 Å². The molecule has 92 valence electrons. The smallest absolute Gasteiger partial charge is 0.223 e. The molecule has 3 heteroatoms. The van der Waals surface area contributed by atoms with Gasteiger partial charge in [-0.1, -0.05) is 13.8 Å². The fraction of sp³-hybridized carbons (Fsp3) is 0.846. The molecule has 1 amide bonds. The Morgan fingerprint density at radius 2 is 2.06 bits per heavy atom. The van der Waals surface area contributed by atoms with Gasteiger partial charge in [-0.15, -0.1) is 0 Å². The lowest BCUT2D eigenvalue weighted by atomic mass is 9.89. The lowest BCUT2D eigenvalue weighted by molar-refractivity contribution is -0.144. The first-order valence-corrected chi connectivity index (χ1v) is 6.15. The molecule has 0 aromatic carbocycles. The molecule has 1 fully saturated rings. The number of carbonyl (C=O) groups excluding carboxylic acids is 2. The number of ketones is 1. The molecular weight excluding hydrogens is 202 g/mol. The summed E-state index contributed by atoms with van der Waals surface area (Å²) in [5.74, 6) is 0.858. The molecule has 16 heavy (non-hydrogen) atoms. The molecule has 0 unspecified atom stereocenters. The molecule has 1 heterocycles. The van der Waals surface area contributed by atoms with Crippen LogP contribution in [-0.4, -0.2) is 28.7 Å². The highest BCUT2D eigenvalue weighted by Gasteiger charge is 2.35. The van der Waals surface area contributed by atoms with E-state index in [1.165, 1.54) is 0 Å². The summed E-state index contributed by atoms with van der Waals surface area (Å²) in [4.78, 5) is 25.2. The van der Waals surface area contributed by atoms with Gasteiger partial charge in [0, 0.05) is 18.4 Å². The summed E-state index contributed by atoms with van der Waals surface area (Å²) in [7, 11) is 0. The lowest BCUT2D eigenvalue weighted by Crippen LogP contribution is -2.53. The minimum absolute atomic E-state index is 0.131. The molecule has 0 bridgehead atoms. The number of likely N-dealkylation sites (tertiary alicyclic amines) is 1. The van der Waals surface area contributed by atoms with Crippen molar-refractivity contribution in [1.82, 2.24) is 4.90 Å². The lowest BCUT2D eigenvalue weighted by Gasteiger charge is -2.42. The maximum absolute atomic E-state index is 12.0. The van der Waals surface area contributed by atoms with E-state index in [0.717, 1.165) is 12.8 Å². The Hall–Kier alpha value is -0.860. The molecule has 0 spiro atoms. The second-order valence-corrected chi connectivity index (χ2v) is 5.76. The molecule has 1 rings (SSSR count). The molecule has 0 saturated carbocycles. The molecule has 0 atom stereocenters. The summed E-state index contributed by atoms with van der Waals surface area (Å²) < 4.78 is 0. The van der Waals surface area contributed by atoms with E-state index in [1.54, 1.807) is 4.90 Å². The molecule has 0 aromatic rings. The van der Waals surface area contributed by atoms with Gasteiger partial charge in [-0.3, -0.25) is 9.59 Å². The molecule has 0 radical (unpaired) electrons. The van der Waals surface area contributed by atoms with Crippen LogP contribution in [0.25, 0.3) is 0 Å². The Bertz CT molecular complexity index is 282. The van der Waals surface area contributed by atoms with Gasteiger partial charge in [-0.25, -0.2) is 0 Å². The van der Waals surface area contributed by atoms with Crippen LogP contribution in [0.5, 0.6) is 0 Å². The Morgan fingerprint density at radius 1 is 1.44 bits per heavy atom. The van der Waals surface area contributed by atoms with Crippen LogP contribution in [0.3, 0.4) is 0 Å². The molecule has 3 nitrogen and oxygen atoms in total. The van der Waals surface area contributed by atoms with Crippen LogP contribution < -0.4 is 0 Å². The number of piperidine rings is 1. The van der Waals surface area contributed by atoms with Crippen molar-refractivity contribution >= 4 is 11.7 Å². The van der Waals surface area contributed by atoms with E-state index in [4.69, 9.17) is 0 Å². The zero-order valence-electron chi connectivity index (χ0n) is 10.9. The third-order valence-electron chi connectivity index (χ3n) is 3.32. The van der Waals surface area contributed by atoms with Crippen LogP contribution in [0.4, 0.5) is 0 Å². The summed E-state index contributed by atoms with van der Waals surface area (Å²) in [6.07, 6.45) is 2.87. The van der Waals surface area contributed by atoms with E-state index in [1.807, 2.05) is 13.8 Å². The maximum atomic E-state index is 12.0. The Labute approximate surface area is 98.2 Å². The molecular formula is C13H23NO2. The topological polar surface area (TPSA) is 37.4 Å². The minimum Gasteiger partial charge on any atom is -0.330 e. The number of Topliss-reactive ketones (excluding diaryl/α,β-unsaturated/α-hetero) is 1. The highest BCUT2D eigenvalue weighted by Crippen LogP contribution is 2.26. The van der Waals surface area contributed by atoms with Crippen molar-refractivity contribution in [3.63, 3.8) is 0 Å². The van der Waals surface area contributed by atoms with E-state index < -0.39 is 0 Å². The predicted molar refractivity (Wildman–Crippen MR) is 64.1 cm³/mol. The first-order valence-electron chi connectivity index (χ1n) is 6.15. The summed E-state index contributed by atoms with van der Waals surface area (Å²) >= 11 is 0. The minimum atomic E-state index is -0.151. The fourth-order valence-corrected chi connectivity index (χ4v) is 2.02. The Morgan fingerprint density at radius 3 is 2.62 bits per heavy atom. The van der Waals surface area contributed by atoms with Crippen LogP contribution in [0.2, 0.25) is 0 Å². The molecule has 0 aromatic heterocycles. The van der Waals surface area contributed by atoms with Crippen molar-refractivity contribution in [2.24, 2.45) is 5.92 Å². The van der Waals surface area contributed by atoms with Crippen molar-refractivity contribution < 1.29 is 9.59 Å². The van der Waals surface area contributed by atoms with Gasteiger partial charge in [0.2, 0.25) is 5.91 Å². The zero-order chi connectivity index (χ0) is 12.3. The molecule has 0 aliphatic carbocycles. The second-order valence-electron chi connectivity index (χ2n) is 5.76. The van der Waals surface area contributed by atoms with Crippen LogP contribution in [0, 0.1) is 5.92 Å². The van der Waals surface area contributed by atoms with Gasteiger partial charge in [0.1, 0.15) is 0 Å². The number of amides is 1. The summed E-state index contributed by atoms with van der Waals surface area (Å²) in [6.45, 7) is 8.63. The molecule has 1 aliphatic heterocycles. The highest BCUT2D eigenvalue weighted by molar-refractivity contribution is 5.88. The summed E-state index contributed by atoms with van der Waals surface area (Å²) in [6, 6.07) is 0. The molecule has 0 N–H and O–H groups in total. The van der Waals surface area contributed by atoms with Crippen LogP contribution in [0.15, 0.2) is 0 Å². The number of hydrogen-bond donors (Lipinski definition) is 0. The summed E-state index contributed by atoms with van der Waals surface area (Å²) in [5, 5.41) is 0. The molecule has 1 saturated heterocycles. The highest BCUT2D eigenvalue weighted by atomic mass is 16.2. The molecule has 1 aliphatic rings. The van der Waals surface area contributed by atoms with Crippen molar-refractivity contribution in [3.05, 3.63) is 0 Å². The number of hydrogen-bond acceptors (Lipinski definition) is 2. The number of rotatable bonds is 3. The normalized spacial score (nSPS) is 20.3. The van der Waals surface area contributed by atoms with Crippen LogP contribution in [-0.2, 0) is 9.59 Å². The Balaban J connectivity index is 2.61. The SMILES string of the molecule is CC(C)CCC(=O)N1CC(=O)CCC1(C)C. The average molecular weight is 225 g/mol. The van der Waals surface area contributed by atoms with Gasteiger partial charge in [0.25, 0.3) is 0 Å². The van der Waals surface area contributed by atoms with Gasteiger partial charge in [0.05, 0.1) is 6.54 Å². The van der Waals surface area contributed by atoms with E-state index in [9.17, 15) is 9.59 Å². The van der Waals surface area contributed by atoms with E-state index in [2.05, 4.69) is 13.8 Å². The second kappa shape index (κ2) is 4.98. The van der Waals surface area contributed by atoms with Crippen LogP contribution in [0.1, 0.15) is 53.4 Å². The van der Waals surface area contributed by atoms with E-state index in [0.29, 0.717) is 25.3 Å². The maximum Gasteiger partial charge on any atom is 0.223 e. The van der Waals surface area contributed by atoms with E-state index >= 15 is 0 Å². The van der Waals surface area contributed by atoms with Gasteiger partial charge in [0.15, 0.2) is 5.78 Å². The predicted octanol–water partition coefficient (Wildman–Crippen LogP) is 2.39. The van der Waals surface area contributed by atoms with E-state index in [-0.39, 0.29) is 17.2 Å². The fourth-order valence-electron chi connectivity index (χ4n) is 2.02. The quantitative estimate of drug-likeness (QED) is 0.739. The standard InChI is InChI=1S/C13H23NO2/c1-10(2)5-6-12(16)14-9-11(15)7-8-13(14,3)4/h10H,5-9H2,1-4H3. The monoisotopic (exact) mass is 225 g/mol. The Kier molecular flexibility index (Phi) is 4.11. The first kappa shape index (κ1) is 13.2. The third kappa shape index (κ3) is 3.32. The van der Waals surface area contributed by atoms with Crippen LogP contribution >= 0.6 is 0 Å². The van der Waals surface area contributed by atoms with Gasteiger partial charge in [-0.05, 0) is 32.6 Å². The third-order valence-corrected chi connectivity index (χ3v) is 3.32. The number of nitrogens with zero attached hydrogens (tertiary/aromatic N) is 1. The first-order chi connectivity index (χ1) is 7.33. The summed E-state index contributed by atoms with van der Waals surface area (Å²) in [5.41, 5.74) is -0.151. The van der Waals surface area contributed by atoms with Crippen molar-refractivity contribution in [2.45, 2.75) is 58.9 Å². The van der Waals surface area contributed by atoms with Crippen molar-refractivity contribution in [3.8, 4) is 0 Å². The van der Waals surface area contributed by atoms with Gasteiger partial charge >= 0.3 is 0 Å². The van der Waals surface area contributed by atoms with Crippen molar-refractivity contribution in [2.75, 3.05) is 6.54 Å². The zero-order valence-corrected chi connectivity index (χ0v) is 10.9. The van der Waals surface area contributed by atoms with Crippen molar-refractivity contribution in [1.29, 1.82) is 0 Å². The average Bonchev–Trinajstić information content (AvgIpc) is 2.18. The largest absolute Gasteiger partial charge is 0.330 e.